The lowest BCUT2D eigenvalue weighted by Crippen LogP contribution is -2.14. The highest BCUT2D eigenvalue weighted by Gasteiger charge is 2.18. The van der Waals surface area contributed by atoms with E-state index >= 15 is 0 Å². The highest BCUT2D eigenvalue weighted by atomic mass is 35.5. The first kappa shape index (κ1) is 13.5. The molecule has 0 saturated heterocycles. The molecule has 18 heavy (non-hydrogen) atoms. The van der Waals surface area contributed by atoms with E-state index in [0.717, 1.165) is 16.9 Å². The van der Waals surface area contributed by atoms with E-state index in [1.807, 2.05) is 12.1 Å². The molecule has 1 aliphatic heterocycles. The Labute approximate surface area is 114 Å². The number of hydrogen-bond acceptors (Lipinski definition) is 4. The number of aliphatic carboxylic acids is 1. The predicted octanol–water partition coefficient (Wildman–Crippen LogP) is 2.91. The fourth-order valence-electron chi connectivity index (χ4n) is 1.65. The maximum atomic E-state index is 10.8. The zero-order valence-corrected chi connectivity index (χ0v) is 11.4. The molecule has 4 nitrogen and oxygen atoms in total. The van der Waals surface area contributed by atoms with Crippen molar-refractivity contribution in [3.05, 3.63) is 28.3 Å². The van der Waals surface area contributed by atoms with Crippen LogP contribution in [0.3, 0.4) is 0 Å². The Kier molecular flexibility index (Phi) is 4.37. The number of hydrogen-bond donors (Lipinski definition) is 1. The van der Waals surface area contributed by atoms with E-state index in [4.69, 9.17) is 26.2 Å². The number of ether oxygens (including phenoxy) is 2. The van der Waals surface area contributed by atoms with Crippen LogP contribution in [-0.4, -0.2) is 23.1 Å². The van der Waals surface area contributed by atoms with Crippen molar-refractivity contribution in [2.24, 2.45) is 0 Å². The average molecular weight is 289 g/mol. The Hall–Kier alpha value is -0.910. The largest absolute Gasteiger partial charge is 0.480 e. The molecule has 0 amide bonds. The standard InChI is InChI=1S/C12H13ClO4S/c1-7(12(14)15)18-5-9-3-10(13)2-8-4-16-6-17-11(8)9/h2-3,7H,4-6H2,1H3,(H,14,15). The average Bonchev–Trinajstić information content (AvgIpc) is 2.35. The Morgan fingerprint density at radius 1 is 1.61 bits per heavy atom. The van der Waals surface area contributed by atoms with Crippen molar-refractivity contribution in [3.8, 4) is 5.75 Å². The maximum Gasteiger partial charge on any atom is 0.316 e. The molecular weight excluding hydrogens is 276 g/mol. The zero-order valence-electron chi connectivity index (χ0n) is 9.81. The summed E-state index contributed by atoms with van der Waals surface area (Å²) in [5.41, 5.74) is 1.83. The highest BCUT2D eigenvalue weighted by molar-refractivity contribution is 7.99. The summed E-state index contributed by atoms with van der Waals surface area (Å²) in [6.45, 7) is 2.36. The van der Waals surface area contributed by atoms with E-state index in [1.165, 1.54) is 11.8 Å². The summed E-state index contributed by atoms with van der Waals surface area (Å²) in [5.74, 6) is 0.506. The van der Waals surface area contributed by atoms with Crippen molar-refractivity contribution in [2.75, 3.05) is 6.79 Å². The van der Waals surface area contributed by atoms with Crippen molar-refractivity contribution < 1.29 is 19.4 Å². The Morgan fingerprint density at radius 2 is 2.39 bits per heavy atom. The smallest absolute Gasteiger partial charge is 0.316 e. The van der Waals surface area contributed by atoms with Gasteiger partial charge in [-0.3, -0.25) is 4.79 Å². The third-order valence-corrected chi connectivity index (χ3v) is 3.99. The number of carboxylic acids is 1. The molecule has 0 radical (unpaired) electrons. The minimum absolute atomic E-state index is 0.223. The molecule has 6 heteroatoms. The molecule has 0 aliphatic carbocycles. The molecule has 98 valence electrons. The van der Waals surface area contributed by atoms with Crippen LogP contribution in [-0.2, 0) is 21.9 Å². The van der Waals surface area contributed by atoms with Crippen LogP contribution in [0.15, 0.2) is 12.1 Å². The number of fused-ring (bicyclic) bond motifs is 1. The van der Waals surface area contributed by atoms with Crippen LogP contribution < -0.4 is 4.74 Å². The molecule has 1 N–H and O–H groups in total. The summed E-state index contributed by atoms with van der Waals surface area (Å²) in [7, 11) is 0. The first-order chi connectivity index (χ1) is 8.58. The van der Waals surface area contributed by atoms with Crippen LogP contribution in [0.1, 0.15) is 18.1 Å². The third-order valence-electron chi connectivity index (χ3n) is 2.59. The molecule has 0 spiro atoms. The highest BCUT2D eigenvalue weighted by Crippen LogP contribution is 2.34. The summed E-state index contributed by atoms with van der Waals surface area (Å²) < 4.78 is 10.6. The normalized spacial score (nSPS) is 15.7. The van der Waals surface area contributed by atoms with Gasteiger partial charge >= 0.3 is 5.97 Å². The molecule has 2 rings (SSSR count). The summed E-state index contributed by atoms with van der Waals surface area (Å²) in [5, 5.41) is 9.01. The second-order valence-electron chi connectivity index (χ2n) is 3.96. The van der Waals surface area contributed by atoms with Gasteiger partial charge in [-0.15, -0.1) is 11.8 Å². The second-order valence-corrected chi connectivity index (χ2v) is 5.72. The molecule has 0 aromatic heterocycles. The van der Waals surface area contributed by atoms with E-state index in [0.29, 0.717) is 17.4 Å². The molecule has 0 saturated carbocycles. The van der Waals surface area contributed by atoms with Gasteiger partial charge in [0.05, 0.1) is 11.9 Å². The monoisotopic (exact) mass is 288 g/mol. The number of rotatable bonds is 4. The van der Waals surface area contributed by atoms with Gasteiger partial charge in [0.1, 0.15) is 5.75 Å². The zero-order chi connectivity index (χ0) is 13.1. The van der Waals surface area contributed by atoms with Gasteiger partial charge in [0.2, 0.25) is 0 Å². The summed E-state index contributed by atoms with van der Waals surface area (Å²) in [4.78, 5) is 10.8. The van der Waals surface area contributed by atoms with Crippen molar-refractivity contribution >= 4 is 29.3 Å². The van der Waals surface area contributed by atoms with Gasteiger partial charge in [0, 0.05) is 21.9 Å². The molecular formula is C12H13ClO4S. The quantitative estimate of drug-likeness (QED) is 0.923. The predicted molar refractivity (Wildman–Crippen MR) is 70.1 cm³/mol. The molecule has 1 aromatic carbocycles. The Bertz CT molecular complexity index is 464. The number of carboxylic acid groups (broad SMARTS) is 1. The fraction of sp³-hybridized carbons (Fsp3) is 0.417. The lowest BCUT2D eigenvalue weighted by Gasteiger charge is -2.21. The number of benzene rings is 1. The van der Waals surface area contributed by atoms with Crippen molar-refractivity contribution in [1.29, 1.82) is 0 Å². The van der Waals surface area contributed by atoms with Gasteiger partial charge in [-0.05, 0) is 19.1 Å². The van der Waals surface area contributed by atoms with Crippen molar-refractivity contribution in [2.45, 2.75) is 24.5 Å². The van der Waals surface area contributed by atoms with Gasteiger partial charge in [-0.2, -0.15) is 0 Å². The van der Waals surface area contributed by atoms with Gasteiger partial charge in [-0.1, -0.05) is 11.6 Å². The number of carbonyl (C=O) groups is 1. The van der Waals surface area contributed by atoms with E-state index in [2.05, 4.69) is 0 Å². The van der Waals surface area contributed by atoms with E-state index < -0.39 is 11.2 Å². The summed E-state index contributed by atoms with van der Waals surface area (Å²) in [6, 6.07) is 3.62. The molecule has 1 aromatic rings. The number of halogens is 1. The summed E-state index contributed by atoms with van der Waals surface area (Å²) >= 11 is 7.36. The van der Waals surface area contributed by atoms with Crippen LogP contribution in [0.5, 0.6) is 5.75 Å². The lowest BCUT2D eigenvalue weighted by molar-refractivity contribution is -0.136. The van der Waals surface area contributed by atoms with E-state index in [1.54, 1.807) is 6.92 Å². The molecule has 1 unspecified atom stereocenters. The van der Waals surface area contributed by atoms with E-state index in [9.17, 15) is 4.79 Å². The van der Waals surface area contributed by atoms with Gasteiger partial charge in [0.15, 0.2) is 6.79 Å². The molecule has 1 atom stereocenters. The van der Waals surface area contributed by atoms with Crippen LogP contribution in [0.4, 0.5) is 0 Å². The SMILES string of the molecule is CC(SCc1cc(Cl)cc2c1OCOC2)C(=O)O. The third kappa shape index (κ3) is 3.10. The van der Waals surface area contributed by atoms with Crippen molar-refractivity contribution in [1.82, 2.24) is 0 Å². The number of thioether (sulfide) groups is 1. The molecule has 0 fully saturated rings. The van der Waals surface area contributed by atoms with Gasteiger partial charge < -0.3 is 14.6 Å². The molecule has 0 bridgehead atoms. The minimum Gasteiger partial charge on any atom is -0.480 e. The summed E-state index contributed by atoms with van der Waals surface area (Å²) in [6.07, 6.45) is 0. The maximum absolute atomic E-state index is 10.8. The van der Waals surface area contributed by atoms with Crippen LogP contribution in [0, 0.1) is 0 Å². The minimum atomic E-state index is -0.819. The Morgan fingerprint density at radius 3 is 3.11 bits per heavy atom. The first-order valence-electron chi connectivity index (χ1n) is 5.44. The first-order valence-corrected chi connectivity index (χ1v) is 6.87. The van der Waals surface area contributed by atoms with Crippen LogP contribution >= 0.6 is 23.4 Å². The van der Waals surface area contributed by atoms with Crippen LogP contribution in [0.2, 0.25) is 5.02 Å². The van der Waals surface area contributed by atoms with Gasteiger partial charge in [0.25, 0.3) is 0 Å². The topological polar surface area (TPSA) is 55.8 Å². The molecule has 1 heterocycles. The fourth-order valence-corrected chi connectivity index (χ4v) is 2.70. The van der Waals surface area contributed by atoms with Gasteiger partial charge in [-0.25, -0.2) is 0 Å². The van der Waals surface area contributed by atoms with Crippen molar-refractivity contribution in [3.63, 3.8) is 0 Å². The molecule has 1 aliphatic rings. The van der Waals surface area contributed by atoms with E-state index in [-0.39, 0.29) is 6.79 Å². The lowest BCUT2D eigenvalue weighted by atomic mass is 10.1. The second kappa shape index (κ2) is 5.82. The van der Waals surface area contributed by atoms with Crippen LogP contribution in [0.25, 0.3) is 0 Å². The Balaban J connectivity index is 2.16.